The van der Waals surface area contributed by atoms with Gasteiger partial charge in [-0.05, 0) is 25.1 Å². The van der Waals surface area contributed by atoms with Gasteiger partial charge in [-0.1, -0.05) is 23.1 Å². The SMILES string of the molecule is Cc1nnc(Sc2cc(F)cc(C#N)c2)s1. The third kappa shape index (κ3) is 2.56. The lowest BCUT2D eigenvalue weighted by molar-refractivity contribution is 0.623. The Balaban J connectivity index is 2.28. The summed E-state index contributed by atoms with van der Waals surface area (Å²) in [6, 6.07) is 6.12. The van der Waals surface area contributed by atoms with E-state index in [4.69, 9.17) is 5.26 Å². The molecule has 6 heteroatoms. The zero-order valence-electron chi connectivity index (χ0n) is 8.27. The highest BCUT2D eigenvalue weighted by molar-refractivity contribution is 8.01. The molecule has 0 N–H and O–H groups in total. The van der Waals surface area contributed by atoms with Crippen LogP contribution in [0.2, 0.25) is 0 Å². The van der Waals surface area contributed by atoms with Crippen molar-refractivity contribution in [1.29, 1.82) is 5.26 Å². The minimum absolute atomic E-state index is 0.309. The predicted molar refractivity (Wildman–Crippen MR) is 59.9 cm³/mol. The van der Waals surface area contributed by atoms with Crippen LogP contribution < -0.4 is 0 Å². The molecule has 0 radical (unpaired) electrons. The Labute approximate surface area is 99.9 Å². The van der Waals surface area contributed by atoms with Crippen LogP contribution >= 0.6 is 23.1 Å². The average molecular weight is 251 g/mol. The first-order valence-electron chi connectivity index (χ1n) is 4.36. The van der Waals surface area contributed by atoms with Gasteiger partial charge in [-0.3, -0.25) is 0 Å². The Bertz CT molecular complexity index is 559. The maximum Gasteiger partial charge on any atom is 0.179 e. The average Bonchev–Trinajstić information content (AvgIpc) is 2.63. The van der Waals surface area contributed by atoms with Crippen molar-refractivity contribution >= 4 is 23.1 Å². The largest absolute Gasteiger partial charge is 0.207 e. The molecule has 0 aliphatic heterocycles. The van der Waals surface area contributed by atoms with Gasteiger partial charge < -0.3 is 0 Å². The van der Waals surface area contributed by atoms with Crippen molar-refractivity contribution in [2.45, 2.75) is 16.2 Å². The van der Waals surface area contributed by atoms with E-state index in [0.717, 1.165) is 9.35 Å². The van der Waals surface area contributed by atoms with E-state index in [9.17, 15) is 4.39 Å². The van der Waals surface area contributed by atoms with E-state index in [1.807, 2.05) is 13.0 Å². The molecule has 1 aromatic heterocycles. The van der Waals surface area contributed by atoms with Gasteiger partial charge in [-0.25, -0.2) is 4.39 Å². The van der Waals surface area contributed by atoms with Crippen LogP contribution in [0, 0.1) is 24.1 Å². The number of nitriles is 1. The Morgan fingerprint density at radius 2 is 2.19 bits per heavy atom. The van der Waals surface area contributed by atoms with Crippen LogP contribution in [-0.2, 0) is 0 Å². The second-order valence-corrected chi connectivity index (χ2v) is 5.48. The van der Waals surface area contributed by atoms with E-state index in [1.54, 1.807) is 6.07 Å². The van der Waals surface area contributed by atoms with Crippen LogP contribution in [0.4, 0.5) is 4.39 Å². The van der Waals surface area contributed by atoms with Gasteiger partial charge in [-0.15, -0.1) is 10.2 Å². The van der Waals surface area contributed by atoms with Crippen molar-refractivity contribution in [2.75, 3.05) is 0 Å². The molecule has 0 bridgehead atoms. The van der Waals surface area contributed by atoms with Crippen molar-refractivity contribution in [3.63, 3.8) is 0 Å². The topological polar surface area (TPSA) is 49.6 Å². The number of aryl methyl sites for hydroxylation is 1. The molecular formula is C10H6FN3S2. The third-order valence-electron chi connectivity index (χ3n) is 1.71. The Morgan fingerprint density at radius 3 is 2.81 bits per heavy atom. The predicted octanol–water partition coefficient (Wildman–Crippen LogP) is 3.01. The normalized spacial score (nSPS) is 10.1. The maximum absolute atomic E-state index is 13.1. The number of nitrogens with zero attached hydrogens (tertiary/aromatic N) is 3. The van der Waals surface area contributed by atoms with Gasteiger partial charge in [0.25, 0.3) is 0 Å². The smallest absolute Gasteiger partial charge is 0.179 e. The first-order valence-corrected chi connectivity index (χ1v) is 5.99. The lowest BCUT2D eigenvalue weighted by Gasteiger charge is -1.98. The molecule has 2 rings (SSSR count). The van der Waals surface area contributed by atoms with E-state index < -0.39 is 5.82 Å². The summed E-state index contributed by atoms with van der Waals surface area (Å²) in [6.45, 7) is 1.86. The molecule has 0 saturated heterocycles. The third-order valence-corrected chi connectivity index (χ3v) is 3.57. The van der Waals surface area contributed by atoms with Gasteiger partial charge >= 0.3 is 0 Å². The van der Waals surface area contributed by atoms with E-state index in [-0.39, 0.29) is 0 Å². The molecule has 2 aromatic rings. The van der Waals surface area contributed by atoms with Crippen molar-refractivity contribution < 1.29 is 4.39 Å². The van der Waals surface area contributed by atoms with Gasteiger partial charge in [0.1, 0.15) is 10.8 Å². The summed E-state index contributed by atoms with van der Waals surface area (Å²) in [7, 11) is 0. The molecule has 0 atom stereocenters. The minimum atomic E-state index is -0.414. The minimum Gasteiger partial charge on any atom is -0.207 e. The summed E-state index contributed by atoms with van der Waals surface area (Å²) in [5.41, 5.74) is 0.309. The molecule has 1 aromatic carbocycles. The van der Waals surface area contributed by atoms with Gasteiger partial charge in [0.15, 0.2) is 4.34 Å². The second kappa shape index (κ2) is 4.60. The molecule has 3 nitrogen and oxygen atoms in total. The second-order valence-electron chi connectivity index (χ2n) is 2.98. The molecule has 0 aliphatic carbocycles. The number of aromatic nitrogens is 2. The van der Waals surface area contributed by atoms with Gasteiger partial charge in [-0.2, -0.15) is 5.26 Å². The Kier molecular flexibility index (Phi) is 3.17. The molecular weight excluding hydrogens is 245 g/mol. The van der Waals surface area contributed by atoms with Crippen molar-refractivity contribution in [3.8, 4) is 6.07 Å². The number of hydrogen-bond acceptors (Lipinski definition) is 5. The monoisotopic (exact) mass is 251 g/mol. The molecule has 0 spiro atoms. The van der Waals surface area contributed by atoms with E-state index >= 15 is 0 Å². The summed E-state index contributed by atoms with van der Waals surface area (Å²) in [5, 5.41) is 17.4. The lowest BCUT2D eigenvalue weighted by Crippen LogP contribution is -1.81. The summed E-state index contributed by atoms with van der Waals surface area (Å²) in [4.78, 5) is 0.660. The summed E-state index contributed by atoms with van der Waals surface area (Å²) < 4.78 is 13.9. The Morgan fingerprint density at radius 1 is 1.38 bits per heavy atom. The van der Waals surface area contributed by atoms with E-state index in [1.165, 1.54) is 35.2 Å². The van der Waals surface area contributed by atoms with Gasteiger partial charge in [0, 0.05) is 4.90 Å². The fourth-order valence-electron chi connectivity index (χ4n) is 1.11. The lowest BCUT2D eigenvalue weighted by atomic mass is 10.2. The summed E-state index contributed by atoms with van der Waals surface area (Å²) >= 11 is 2.74. The molecule has 0 amide bonds. The van der Waals surface area contributed by atoms with Crippen molar-refractivity contribution in [1.82, 2.24) is 10.2 Å². The molecule has 0 saturated carbocycles. The first kappa shape index (κ1) is 11.0. The van der Waals surface area contributed by atoms with Crippen LogP contribution in [0.25, 0.3) is 0 Å². The first-order chi connectivity index (χ1) is 7.67. The van der Waals surface area contributed by atoms with Crippen LogP contribution in [-0.4, -0.2) is 10.2 Å². The quantitative estimate of drug-likeness (QED) is 0.823. The fraction of sp³-hybridized carbons (Fsp3) is 0.100. The molecule has 0 aliphatic rings. The van der Waals surface area contributed by atoms with Gasteiger partial charge in [0.2, 0.25) is 0 Å². The summed E-state index contributed by atoms with van der Waals surface area (Å²) in [5.74, 6) is -0.414. The molecule has 1 heterocycles. The Hall–Kier alpha value is -1.45. The van der Waals surface area contributed by atoms with Crippen LogP contribution in [0.1, 0.15) is 10.6 Å². The maximum atomic E-state index is 13.1. The van der Waals surface area contributed by atoms with Crippen LogP contribution in [0.15, 0.2) is 27.4 Å². The highest BCUT2D eigenvalue weighted by atomic mass is 32.2. The number of rotatable bonds is 2. The van der Waals surface area contributed by atoms with E-state index in [2.05, 4.69) is 10.2 Å². The number of halogens is 1. The van der Waals surface area contributed by atoms with Crippen LogP contribution in [0.3, 0.4) is 0 Å². The standard InChI is InChI=1S/C10H6FN3S2/c1-6-13-14-10(15-6)16-9-3-7(5-12)2-8(11)4-9/h2-4H,1H3. The van der Waals surface area contributed by atoms with Crippen LogP contribution in [0.5, 0.6) is 0 Å². The summed E-state index contributed by atoms with van der Waals surface area (Å²) in [6.07, 6.45) is 0. The van der Waals surface area contributed by atoms with Gasteiger partial charge in [0.05, 0.1) is 11.6 Å². The zero-order chi connectivity index (χ0) is 11.5. The highest BCUT2D eigenvalue weighted by Gasteiger charge is 2.06. The van der Waals surface area contributed by atoms with Crippen molar-refractivity contribution in [2.24, 2.45) is 0 Å². The number of benzene rings is 1. The molecule has 0 unspecified atom stereocenters. The number of hydrogen-bond donors (Lipinski definition) is 0. The highest BCUT2D eigenvalue weighted by Crippen LogP contribution is 2.30. The van der Waals surface area contributed by atoms with E-state index in [0.29, 0.717) is 10.5 Å². The molecule has 0 fully saturated rings. The van der Waals surface area contributed by atoms with Crippen molar-refractivity contribution in [3.05, 3.63) is 34.6 Å². The molecule has 16 heavy (non-hydrogen) atoms. The fourth-order valence-corrected chi connectivity index (χ4v) is 2.98. The molecule has 80 valence electrons. The zero-order valence-corrected chi connectivity index (χ0v) is 9.90.